The molecule has 1 aromatic rings. The third-order valence-corrected chi connectivity index (χ3v) is 3.00. The Morgan fingerprint density at radius 1 is 1.50 bits per heavy atom. The molecule has 0 spiro atoms. The molecular weight excluding hydrogens is 256 g/mol. The van der Waals surface area contributed by atoms with Crippen LogP contribution in [0, 0.1) is 17.0 Å². The molecular formula is C11H16N2O4S. The number of thiophene rings is 1. The molecule has 0 N–H and O–H groups in total. The zero-order valence-electron chi connectivity index (χ0n) is 11.0. The molecule has 0 saturated carbocycles. The summed E-state index contributed by atoms with van der Waals surface area (Å²) in [4.78, 5) is 24.2. The second-order valence-electron chi connectivity index (χ2n) is 4.84. The van der Waals surface area contributed by atoms with Crippen molar-refractivity contribution in [1.29, 1.82) is 0 Å². The summed E-state index contributed by atoms with van der Waals surface area (Å²) >= 11 is 1.04. The molecule has 1 heterocycles. The van der Waals surface area contributed by atoms with Crippen LogP contribution in [0.25, 0.3) is 0 Å². The van der Waals surface area contributed by atoms with Crippen LogP contribution in [-0.2, 0) is 4.74 Å². The summed E-state index contributed by atoms with van der Waals surface area (Å²) in [6.45, 7) is 6.98. The van der Waals surface area contributed by atoms with Gasteiger partial charge in [-0.05, 0) is 33.8 Å². The lowest BCUT2D eigenvalue weighted by Crippen LogP contribution is -2.34. The number of ether oxygens (including phenoxy) is 1. The van der Waals surface area contributed by atoms with Crippen molar-refractivity contribution in [3.8, 4) is 0 Å². The molecule has 0 atom stereocenters. The maximum Gasteiger partial charge on any atom is 0.414 e. The molecule has 18 heavy (non-hydrogen) atoms. The molecule has 0 fully saturated rings. The molecule has 0 aliphatic rings. The van der Waals surface area contributed by atoms with E-state index in [1.165, 1.54) is 7.05 Å². The fraction of sp³-hybridized carbons (Fsp3) is 0.545. The van der Waals surface area contributed by atoms with E-state index in [1.807, 2.05) is 0 Å². The van der Waals surface area contributed by atoms with Gasteiger partial charge in [0.1, 0.15) is 11.3 Å². The van der Waals surface area contributed by atoms with Gasteiger partial charge in [0.25, 0.3) is 0 Å². The van der Waals surface area contributed by atoms with E-state index in [2.05, 4.69) is 0 Å². The molecule has 0 aromatic carbocycles. The summed E-state index contributed by atoms with van der Waals surface area (Å²) in [6.07, 6.45) is -0.608. The number of nitro groups is 1. The van der Waals surface area contributed by atoms with Gasteiger partial charge in [-0.25, -0.2) is 4.79 Å². The molecule has 1 amide bonds. The molecule has 0 aliphatic heterocycles. The highest BCUT2D eigenvalue weighted by atomic mass is 32.1. The highest BCUT2D eigenvalue weighted by Crippen LogP contribution is 2.36. The minimum atomic E-state index is -0.634. The van der Waals surface area contributed by atoms with E-state index in [0.29, 0.717) is 0 Å². The minimum Gasteiger partial charge on any atom is -0.443 e. The van der Waals surface area contributed by atoms with E-state index in [9.17, 15) is 14.9 Å². The number of amides is 1. The summed E-state index contributed by atoms with van der Waals surface area (Å²) in [5, 5.41) is 10.8. The van der Waals surface area contributed by atoms with Crippen LogP contribution in [-0.4, -0.2) is 23.7 Å². The first-order valence-corrected chi connectivity index (χ1v) is 6.15. The van der Waals surface area contributed by atoms with Crippen LogP contribution < -0.4 is 4.90 Å². The van der Waals surface area contributed by atoms with Gasteiger partial charge in [-0.1, -0.05) is 11.3 Å². The van der Waals surface area contributed by atoms with E-state index in [-0.39, 0.29) is 10.7 Å². The predicted molar refractivity (Wildman–Crippen MR) is 70.3 cm³/mol. The Hall–Kier alpha value is -1.63. The van der Waals surface area contributed by atoms with Crippen LogP contribution in [0.15, 0.2) is 6.07 Å². The first-order chi connectivity index (χ1) is 8.11. The Bertz CT molecular complexity index is 476. The number of aryl methyl sites for hydroxylation is 1. The average Bonchev–Trinajstić information content (AvgIpc) is 2.56. The van der Waals surface area contributed by atoms with Gasteiger partial charge in [-0.15, -0.1) is 0 Å². The maximum atomic E-state index is 11.8. The summed E-state index contributed by atoms with van der Waals surface area (Å²) in [7, 11) is 1.46. The van der Waals surface area contributed by atoms with Gasteiger partial charge in [-0.2, -0.15) is 0 Å². The second-order valence-corrected chi connectivity index (χ2v) is 6.08. The van der Waals surface area contributed by atoms with E-state index >= 15 is 0 Å². The lowest BCUT2D eigenvalue weighted by molar-refractivity contribution is -0.379. The second kappa shape index (κ2) is 4.93. The summed E-state index contributed by atoms with van der Waals surface area (Å²) < 4.78 is 5.17. The topological polar surface area (TPSA) is 72.7 Å². The Kier molecular flexibility index (Phi) is 3.95. The molecule has 100 valence electrons. The smallest absolute Gasteiger partial charge is 0.414 e. The average molecular weight is 272 g/mol. The zero-order valence-corrected chi connectivity index (χ0v) is 11.8. The van der Waals surface area contributed by atoms with Gasteiger partial charge < -0.3 is 4.74 Å². The number of carbonyl (C=O) groups is 1. The SMILES string of the molecule is Cc1cc(N(C)C(=O)OC(C)(C)C)c([N+](=O)[O-])s1. The Morgan fingerprint density at radius 3 is 2.50 bits per heavy atom. The molecule has 1 rings (SSSR count). The number of hydrogen-bond acceptors (Lipinski definition) is 5. The molecule has 0 unspecified atom stereocenters. The quantitative estimate of drug-likeness (QED) is 0.611. The van der Waals surface area contributed by atoms with E-state index in [1.54, 1.807) is 33.8 Å². The number of nitrogens with zero attached hydrogens (tertiary/aromatic N) is 2. The maximum absolute atomic E-state index is 11.8. The fourth-order valence-corrected chi connectivity index (χ4v) is 2.14. The summed E-state index contributed by atoms with van der Waals surface area (Å²) in [6, 6.07) is 1.60. The molecule has 0 bridgehead atoms. The van der Waals surface area contributed by atoms with E-state index in [4.69, 9.17) is 4.74 Å². The number of carbonyl (C=O) groups excluding carboxylic acids is 1. The van der Waals surface area contributed by atoms with Crippen LogP contribution in [0.1, 0.15) is 25.6 Å². The fourth-order valence-electron chi connectivity index (χ4n) is 1.29. The van der Waals surface area contributed by atoms with Crippen molar-refractivity contribution in [2.45, 2.75) is 33.3 Å². The lowest BCUT2D eigenvalue weighted by atomic mass is 10.2. The predicted octanol–water partition coefficient (Wildman–Crippen LogP) is 3.34. The van der Waals surface area contributed by atoms with Crippen LogP contribution in [0.5, 0.6) is 0 Å². The summed E-state index contributed by atoms with van der Waals surface area (Å²) in [5.74, 6) is 0. The van der Waals surface area contributed by atoms with Gasteiger partial charge in [0, 0.05) is 11.9 Å². The van der Waals surface area contributed by atoms with Crippen LogP contribution >= 0.6 is 11.3 Å². The van der Waals surface area contributed by atoms with Gasteiger partial charge in [0.05, 0.1) is 4.92 Å². The van der Waals surface area contributed by atoms with Gasteiger partial charge in [0.15, 0.2) is 0 Å². The molecule has 7 heteroatoms. The lowest BCUT2D eigenvalue weighted by Gasteiger charge is -2.23. The van der Waals surface area contributed by atoms with Crippen molar-refractivity contribution >= 4 is 28.1 Å². The van der Waals surface area contributed by atoms with E-state index in [0.717, 1.165) is 21.1 Å². The standard InChI is InChI=1S/C11H16N2O4S/c1-7-6-8(9(18-7)13(15)16)12(5)10(14)17-11(2,3)4/h6H,1-5H3. The van der Waals surface area contributed by atoms with Gasteiger partial charge in [0.2, 0.25) is 0 Å². The first-order valence-electron chi connectivity index (χ1n) is 5.33. The van der Waals surface area contributed by atoms with Crippen LogP contribution in [0.4, 0.5) is 15.5 Å². The largest absolute Gasteiger partial charge is 0.443 e. The van der Waals surface area contributed by atoms with Crippen molar-refractivity contribution < 1.29 is 14.5 Å². The van der Waals surface area contributed by atoms with Crippen molar-refractivity contribution in [3.63, 3.8) is 0 Å². The third kappa shape index (κ3) is 3.43. The Balaban J connectivity index is 3.00. The molecule has 0 saturated heterocycles. The minimum absolute atomic E-state index is 0.0548. The molecule has 0 radical (unpaired) electrons. The van der Waals surface area contributed by atoms with Crippen molar-refractivity contribution in [2.75, 3.05) is 11.9 Å². The van der Waals surface area contributed by atoms with E-state index < -0.39 is 16.6 Å². The number of anilines is 1. The highest BCUT2D eigenvalue weighted by molar-refractivity contribution is 7.15. The summed E-state index contributed by atoms with van der Waals surface area (Å²) in [5.41, 5.74) is -0.373. The Morgan fingerprint density at radius 2 is 2.06 bits per heavy atom. The van der Waals surface area contributed by atoms with Crippen LogP contribution in [0.2, 0.25) is 0 Å². The van der Waals surface area contributed by atoms with Crippen LogP contribution in [0.3, 0.4) is 0 Å². The van der Waals surface area contributed by atoms with Crippen molar-refractivity contribution in [2.24, 2.45) is 0 Å². The monoisotopic (exact) mass is 272 g/mol. The molecule has 0 aliphatic carbocycles. The first kappa shape index (κ1) is 14.4. The zero-order chi connectivity index (χ0) is 14.1. The van der Waals surface area contributed by atoms with Gasteiger partial charge >= 0.3 is 11.1 Å². The molecule has 1 aromatic heterocycles. The van der Waals surface area contributed by atoms with Crippen molar-refractivity contribution in [1.82, 2.24) is 0 Å². The Labute approximate surface area is 109 Å². The number of rotatable bonds is 2. The number of hydrogen-bond donors (Lipinski definition) is 0. The highest BCUT2D eigenvalue weighted by Gasteiger charge is 2.27. The normalized spacial score (nSPS) is 11.2. The third-order valence-electron chi connectivity index (χ3n) is 2.01. The molecule has 6 nitrogen and oxygen atoms in total. The van der Waals surface area contributed by atoms with Gasteiger partial charge in [-0.3, -0.25) is 15.0 Å². The van der Waals surface area contributed by atoms with Crippen molar-refractivity contribution in [3.05, 3.63) is 21.1 Å².